The molecule has 0 aromatic carbocycles. The van der Waals surface area contributed by atoms with E-state index in [0.717, 1.165) is 77.0 Å². The molecule has 0 rings (SSSR count). The second kappa shape index (κ2) is 53.2. The highest BCUT2D eigenvalue weighted by Gasteiger charge is 2.19. The molecule has 0 fully saturated rings. The van der Waals surface area contributed by atoms with E-state index >= 15 is 0 Å². The predicted molar refractivity (Wildman–Crippen MR) is 275 cm³/mol. The Kier molecular flexibility index (Phi) is 51.3. The molecule has 0 spiro atoms. The van der Waals surface area contributed by atoms with Crippen molar-refractivity contribution >= 4 is 17.9 Å². The molecule has 0 aromatic rings. The van der Waals surface area contributed by atoms with Crippen LogP contribution in [0.15, 0.2) is 36.5 Å². The zero-order valence-corrected chi connectivity index (χ0v) is 42.8. The van der Waals surface area contributed by atoms with Gasteiger partial charge in [0.05, 0.1) is 0 Å². The number of carbonyl (C=O) groups excluding carboxylic acids is 3. The van der Waals surface area contributed by atoms with Crippen molar-refractivity contribution in [3.05, 3.63) is 36.5 Å². The first kappa shape index (κ1) is 61.6. The van der Waals surface area contributed by atoms with Crippen LogP contribution in [-0.4, -0.2) is 37.2 Å². The lowest BCUT2D eigenvalue weighted by Gasteiger charge is -2.18. The molecule has 0 saturated carbocycles. The number of rotatable bonds is 51. The third-order valence-corrected chi connectivity index (χ3v) is 12.3. The number of hydrogen-bond donors (Lipinski definition) is 0. The van der Waals surface area contributed by atoms with Crippen LogP contribution in [0.2, 0.25) is 0 Å². The summed E-state index contributed by atoms with van der Waals surface area (Å²) in [5.74, 6) is -0.888. The van der Waals surface area contributed by atoms with Crippen LogP contribution in [0.1, 0.15) is 297 Å². The molecule has 0 saturated heterocycles. The fraction of sp³-hybridized carbons (Fsp3) is 0.845. The molecule has 0 aliphatic rings. The highest BCUT2D eigenvalue weighted by Crippen LogP contribution is 2.15. The number of unbranched alkanes of at least 4 members (excludes halogenated alkanes) is 34. The molecule has 6 heteroatoms. The molecule has 0 radical (unpaired) electrons. The topological polar surface area (TPSA) is 78.9 Å². The first-order valence-electron chi connectivity index (χ1n) is 28.0. The summed E-state index contributed by atoms with van der Waals surface area (Å²) in [7, 11) is 0. The third kappa shape index (κ3) is 50.6. The minimum atomic E-state index is -0.778. The van der Waals surface area contributed by atoms with E-state index < -0.39 is 6.10 Å². The van der Waals surface area contributed by atoms with Gasteiger partial charge in [-0.3, -0.25) is 14.4 Å². The molecule has 0 aliphatic heterocycles. The van der Waals surface area contributed by atoms with Gasteiger partial charge >= 0.3 is 17.9 Å². The van der Waals surface area contributed by atoms with Crippen LogP contribution in [0.3, 0.4) is 0 Å². The molecule has 1 atom stereocenters. The maximum absolute atomic E-state index is 12.8. The zero-order valence-electron chi connectivity index (χ0n) is 42.8. The Bertz CT molecular complexity index is 1080. The Morgan fingerprint density at radius 3 is 0.828 bits per heavy atom. The van der Waals surface area contributed by atoms with Crippen molar-refractivity contribution in [1.82, 2.24) is 0 Å². The molecular weight excluding hydrogens is 793 g/mol. The van der Waals surface area contributed by atoms with Crippen molar-refractivity contribution in [1.29, 1.82) is 0 Å². The normalized spacial score (nSPS) is 12.2. The minimum absolute atomic E-state index is 0.0779. The summed E-state index contributed by atoms with van der Waals surface area (Å²) in [5, 5.41) is 0. The van der Waals surface area contributed by atoms with Crippen molar-refractivity contribution < 1.29 is 28.6 Å². The molecule has 374 valence electrons. The van der Waals surface area contributed by atoms with Gasteiger partial charge in [-0.25, -0.2) is 0 Å². The smallest absolute Gasteiger partial charge is 0.306 e. The lowest BCUT2D eigenvalue weighted by atomic mass is 10.1. The number of hydrogen-bond acceptors (Lipinski definition) is 6. The van der Waals surface area contributed by atoms with Crippen LogP contribution in [0.25, 0.3) is 0 Å². The first-order valence-corrected chi connectivity index (χ1v) is 28.0. The quantitative estimate of drug-likeness (QED) is 0.0262. The Hall–Kier alpha value is -2.37. The van der Waals surface area contributed by atoms with Crippen molar-refractivity contribution in [3.63, 3.8) is 0 Å². The number of allylic oxidation sites excluding steroid dienone is 6. The van der Waals surface area contributed by atoms with E-state index in [1.807, 2.05) is 0 Å². The summed E-state index contributed by atoms with van der Waals surface area (Å²) in [6.45, 7) is 6.60. The van der Waals surface area contributed by atoms with Gasteiger partial charge in [0.2, 0.25) is 0 Å². The van der Waals surface area contributed by atoms with Gasteiger partial charge in [0, 0.05) is 19.3 Å². The van der Waals surface area contributed by atoms with E-state index in [1.54, 1.807) is 0 Å². The van der Waals surface area contributed by atoms with E-state index in [9.17, 15) is 14.4 Å². The van der Waals surface area contributed by atoms with Crippen molar-refractivity contribution in [2.45, 2.75) is 303 Å². The van der Waals surface area contributed by atoms with Crippen molar-refractivity contribution in [2.24, 2.45) is 0 Å². The van der Waals surface area contributed by atoms with Gasteiger partial charge in [0.1, 0.15) is 13.2 Å². The zero-order chi connectivity index (χ0) is 46.5. The fourth-order valence-corrected chi connectivity index (χ4v) is 8.06. The summed E-state index contributed by atoms with van der Waals surface area (Å²) in [5.41, 5.74) is 0. The molecule has 0 N–H and O–H groups in total. The molecule has 1 unspecified atom stereocenters. The second-order valence-corrected chi connectivity index (χ2v) is 18.8. The highest BCUT2D eigenvalue weighted by molar-refractivity contribution is 5.71. The van der Waals surface area contributed by atoms with Gasteiger partial charge in [0.25, 0.3) is 0 Å². The maximum Gasteiger partial charge on any atom is 0.306 e. The van der Waals surface area contributed by atoms with Gasteiger partial charge in [-0.1, -0.05) is 224 Å². The minimum Gasteiger partial charge on any atom is -0.462 e. The SMILES string of the molecule is CCCC/C=C\CCCCCCC(=O)OCC(COC(=O)CCCCCCCCC/C=C\CCCCCCCCCC)OC(=O)CCCCCCCCC/C=C\CCCCCCCC. The summed E-state index contributed by atoms with van der Waals surface area (Å²) in [6, 6.07) is 0. The molecule has 0 heterocycles. The third-order valence-electron chi connectivity index (χ3n) is 12.3. The van der Waals surface area contributed by atoms with E-state index in [4.69, 9.17) is 14.2 Å². The Morgan fingerprint density at radius 1 is 0.297 bits per heavy atom. The van der Waals surface area contributed by atoms with Gasteiger partial charge in [-0.2, -0.15) is 0 Å². The van der Waals surface area contributed by atoms with Gasteiger partial charge in [-0.05, 0) is 89.9 Å². The Labute approximate surface area is 397 Å². The van der Waals surface area contributed by atoms with Gasteiger partial charge < -0.3 is 14.2 Å². The van der Waals surface area contributed by atoms with Crippen molar-refractivity contribution in [2.75, 3.05) is 13.2 Å². The fourth-order valence-electron chi connectivity index (χ4n) is 8.06. The van der Waals surface area contributed by atoms with Crippen LogP contribution >= 0.6 is 0 Å². The first-order chi connectivity index (χ1) is 31.5. The molecule has 0 bridgehead atoms. The predicted octanol–water partition coefficient (Wildman–Crippen LogP) is 18.5. The number of esters is 3. The summed E-state index contributed by atoms with van der Waals surface area (Å²) in [4.78, 5) is 38.0. The summed E-state index contributed by atoms with van der Waals surface area (Å²) >= 11 is 0. The largest absolute Gasteiger partial charge is 0.462 e. The molecule has 0 aliphatic carbocycles. The monoisotopic (exact) mass is 899 g/mol. The van der Waals surface area contributed by atoms with E-state index in [1.165, 1.54) is 180 Å². The Morgan fingerprint density at radius 2 is 0.531 bits per heavy atom. The number of carbonyl (C=O) groups is 3. The van der Waals surface area contributed by atoms with E-state index in [0.29, 0.717) is 19.3 Å². The van der Waals surface area contributed by atoms with Crippen LogP contribution in [0.4, 0.5) is 0 Å². The molecule has 0 aromatic heterocycles. The standard InChI is InChI=1S/C58H106O6/c1-4-7-10-13-16-19-22-24-26-28-29-31-32-34-36-39-42-45-48-51-57(60)63-54-55(53-62-56(59)50-47-44-41-38-21-18-15-12-9-6-3)64-58(61)52-49-46-43-40-37-35-33-30-27-25-23-20-17-14-11-8-5-2/h15,18,25,27-29,55H,4-14,16-17,19-24,26,30-54H2,1-3H3/b18-15-,27-25-,29-28-. The molecule has 6 nitrogen and oxygen atoms in total. The average molecular weight is 899 g/mol. The number of ether oxygens (including phenoxy) is 3. The van der Waals surface area contributed by atoms with Crippen LogP contribution in [-0.2, 0) is 28.6 Å². The highest BCUT2D eigenvalue weighted by atomic mass is 16.6. The molecular formula is C58H106O6. The molecule has 64 heavy (non-hydrogen) atoms. The van der Waals surface area contributed by atoms with Crippen LogP contribution in [0.5, 0.6) is 0 Å². The van der Waals surface area contributed by atoms with Crippen molar-refractivity contribution in [3.8, 4) is 0 Å². The maximum atomic E-state index is 12.8. The summed E-state index contributed by atoms with van der Waals surface area (Å²) in [6.07, 6.45) is 62.8. The second-order valence-electron chi connectivity index (χ2n) is 18.8. The lowest BCUT2D eigenvalue weighted by molar-refractivity contribution is -0.167. The van der Waals surface area contributed by atoms with Gasteiger partial charge in [-0.15, -0.1) is 0 Å². The average Bonchev–Trinajstić information content (AvgIpc) is 3.29. The van der Waals surface area contributed by atoms with Gasteiger partial charge in [0.15, 0.2) is 6.10 Å². The Balaban J connectivity index is 4.30. The van der Waals surface area contributed by atoms with E-state index in [-0.39, 0.29) is 31.1 Å². The van der Waals surface area contributed by atoms with Crippen LogP contribution < -0.4 is 0 Å². The summed E-state index contributed by atoms with van der Waals surface area (Å²) < 4.78 is 16.8. The molecule has 0 amide bonds. The van der Waals surface area contributed by atoms with Crippen LogP contribution in [0, 0.1) is 0 Å². The lowest BCUT2D eigenvalue weighted by Crippen LogP contribution is -2.30. The van der Waals surface area contributed by atoms with E-state index in [2.05, 4.69) is 57.2 Å².